The molecule has 0 aliphatic rings. The number of nitriles is 1. The van der Waals surface area contributed by atoms with Crippen LogP contribution >= 0.6 is 50.7 Å². The van der Waals surface area contributed by atoms with Crippen LogP contribution < -0.4 is 5.32 Å². The van der Waals surface area contributed by atoms with Crippen LogP contribution in [-0.4, -0.2) is 0 Å². The van der Waals surface area contributed by atoms with Crippen molar-refractivity contribution in [2.75, 3.05) is 5.32 Å². The van der Waals surface area contributed by atoms with E-state index in [0.717, 1.165) is 10.2 Å². The van der Waals surface area contributed by atoms with Crippen LogP contribution in [0.2, 0.25) is 15.1 Å². The molecule has 0 radical (unpaired) electrons. The number of hydrogen-bond acceptors (Lipinski definition) is 2. The van der Waals surface area contributed by atoms with Gasteiger partial charge in [-0.1, -0.05) is 46.9 Å². The second kappa shape index (κ2) is 6.69. The second-order valence-corrected chi connectivity index (χ2v) is 6.03. The van der Waals surface area contributed by atoms with Gasteiger partial charge < -0.3 is 5.32 Å². The normalized spacial score (nSPS) is 11.8. The standard InChI is InChI=1S/C14H8BrCl3N2/c15-10-6-8(4-5-11(10)16)20-13(7-19)9-2-1-3-12(17)14(9)18/h1-6,13,20H. The molecule has 2 rings (SSSR count). The van der Waals surface area contributed by atoms with Crippen LogP contribution in [0.4, 0.5) is 5.69 Å². The number of nitrogens with one attached hydrogen (secondary N) is 1. The smallest absolute Gasteiger partial charge is 0.141 e. The van der Waals surface area contributed by atoms with Gasteiger partial charge >= 0.3 is 0 Å². The average Bonchev–Trinajstić information content (AvgIpc) is 2.43. The lowest BCUT2D eigenvalue weighted by molar-refractivity contribution is 0.998. The molecule has 0 fully saturated rings. The zero-order chi connectivity index (χ0) is 14.7. The Morgan fingerprint density at radius 3 is 2.50 bits per heavy atom. The van der Waals surface area contributed by atoms with Gasteiger partial charge in [-0.2, -0.15) is 5.26 Å². The van der Waals surface area contributed by atoms with Crippen molar-refractivity contribution in [2.45, 2.75) is 6.04 Å². The lowest BCUT2D eigenvalue weighted by atomic mass is 10.1. The van der Waals surface area contributed by atoms with E-state index in [0.29, 0.717) is 20.6 Å². The summed E-state index contributed by atoms with van der Waals surface area (Å²) in [5.74, 6) is 0. The molecule has 1 N–H and O–H groups in total. The van der Waals surface area contributed by atoms with Crippen LogP contribution in [0, 0.1) is 11.3 Å². The van der Waals surface area contributed by atoms with E-state index < -0.39 is 6.04 Å². The van der Waals surface area contributed by atoms with Crippen molar-refractivity contribution in [3.63, 3.8) is 0 Å². The molecule has 0 amide bonds. The van der Waals surface area contributed by atoms with E-state index in [1.807, 2.05) is 0 Å². The predicted octanol–water partition coefficient (Wildman–Crippen LogP) is 6.09. The first kappa shape index (κ1) is 15.5. The van der Waals surface area contributed by atoms with Gasteiger partial charge in [0.25, 0.3) is 0 Å². The Bertz CT molecular complexity index is 683. The average molecular weight is 390 g/mol. The van der Waals surface area contributed by atoms with Gasteiger partial charge in [0.15, 0.2) is 0 Å². The third-order valence-electron chi connectivity index (χ3n) is 2.65. The molecule has 0 bridgehead atoms. The molecule has 0 heterocycles. The maximum Gasteiger partial charge on any atom is 0.141 e. The van der Waals surface area contributed by atoms with Crippen molar-refractivity contribution in [3.05, 3.63) is 61.5 Å². The zero-order valence-electron chi connectivity index (χ0n) is 10.0. The molecule has 1 atom stereocenters. The topological polar surface area (TPSA) is 35.8 Å². The van der Waals surface area contributed by atoms with Gasteiger partial charge in [-0.15, -0.1) is 0 Å². The van der Waals surface area contributed by atoms with E-state index in [1.165, 1.54) is 0 Å². The van der Waals surface area contributed by atoms with E-state index in [4.69, 9.17) is 34.8 Å². The molecular weight excluding hydrogens is 382 g/mol. The van der Waals surface area contributed by atoms with Crippen LogP contribution in [0.3, 0.4) is 0 Å². The summed E-state index contributed by atoms with van der Waals surface area (Å²) in [4.78, 5) is 0. The summed E-state index contributed by atoms with van der Waals surface area (Å²) in [6.45, 7) is 0. The Kier molecular flexibility index (Phi) is 5.17. The van der Waals surface area contributed by atoms with Crippen LogP contribution in [0.15, 0.2) is 40.9 Å². The van der Waals surface area contributed by atoms with Crippen LogP contribution in [0.25, 0.3) is 0 Å². The molecular formula is C14H8BrCl3N2. The summed E-state index contributed by atoms with van der Waals surface area (Å²) in [5.41, 5.74) is 1.39. The Balaban J connectivity index is 2.32. The van der Waals surface area contributed by atoms with E-state index in [2.05, 4.69) is 27.3 Å². The van der Waals surface area contributed by atoms with Crippen molar-refractivity contribution >= 4 is 56.4 Å². The first-order valence-electron chi connectivity index (χ1n) is 5.58. The molecule has 20 heavy (non-hydrogen) atoms. The Morgan fingerprint density at radius 1 is 1.10 bits per heavy atom. The number of anilines is 1. The lowest BCUT2D eigenvalue weighted by Gasteiger charge is -2.15. The number of benzene rings is 2. The number of rotatable bonds is 3. The Hall–Kier alpha value is -0.920. The molecule has 0 saturated carbocycles. The molecule has 0 spiro atoms. The van der Waals surface area contributed by atoms with Gasteiger partial charge in [-0.25, -0.2) is 0 Å². The highest BCUT2D eigenvalue weighted by Gasteiger charge is 2.16. The minimum atomic E-state index is -0.603. The van der Waals surface area contributed by atoms with Crippen molar-refractivity contribution in [1.82, 2.24) is 0 Å². The molecule has 6 heteroatoms. The highest BCUT2D eigenvalue weighted by Crippen LogP contribution is 2.32. The molecule has 0 aliphatic heterocycles. The van der Waals surface area contributed by atoms with Crippen molar-refractivity contribution in [1.29, 1.82) is 5.26 Å². The Morgan fingerprint density at radius 2 is 1.85 bits per heavy atom. The molecule has 2 nitrogen and oxygen atoms in total. The van der Waals surface area contributed by atoms with E-state index in [-0.39, 0.29) is 0 Å². The third-order valence-corrected chi connectivity index (χ3v) is 4.70. The fraction of sp³-hybridized carbons (Fsp3) is 0.0714. The summed E-state index contributed by atoms with van der Waals surface area (Å²) < 4.78 is 0.748. The fourth-order valence-corrected chi connectivity index (χ4v) is 2.59. The Labute approximate surface area is 140 Å². The van der Waals surface area contributed by atoms with Gasteiger partial charge in [0.2, 0.25) is 0 Å². The largest absolute Gasteiger partial charge is 0.366 e. The molecule has 2 aromatic carbocycles. The monoisotopic (exact) mass is 388 g/mol. The second-order valence-electron chi connectivity index (χ2n) is 3.98. The minimum absolute atomic E-state index is 0.376. The van der Waals surface area contributed by atoms with Crippen molar-refractivity contribution in [2.24, 2.45) is 0 Å². The summed E-state index contributed by atoms with van der Waals surface area (Å²) in [6, 6.07) is 12.1. The maximum absolute atomic E-state index is 9.33. The first-order chi connectivity index (χ1) is 9.52. The summed E-state index contributed by atoms with van der Waals surface area (Å²) in [7, 11) is 0. The highest BCUT2D eigenvalue weighted by molar-refractivity contribution is 9.10. The quantitative estimate of drug-likeness (QED) is 0.689. The lowest BCUT2D eigenvalue weighted by Crippen LogP contribution is -2.09. The molecule has 102 valence electrons. The van der Waals surface area contributed by atoms with Crippen LogP contribution in [0.5, 0.6) is 0 Å². The highest BCUT2D eigenvalue weighted by atomic mass is 79.9. The van der Waals surface area contributed by atoms with Gasteiger partial charge in [0.05, 0.1) is 21.1 Å². The van der Waals surface area contributed by atoms with Crippen molar-refractivity contribution < 1.29 is 0 Å². The van der Waals surface area contributed by atoms with E-state index in [9.17, 15) is 5.26 Å². The summed E-state index contributed by atoms with van der Waals surface area (Å²) in [6.07, 6.45) is 0. The third kappa shape index (κ3) is 3.39. The molecule has 0 saturated heterocycles. The first-order valence-corrected chi connectivity index (χ1v) is 7.50. The predicted molar refractivity (Wildman–Crippen MR) is 87.6 cm³/mol. The van der Waals surface area contributed by atoms with Gasteiger partial charge in [-0.3, -0.25) is 0 Å². The molecule has 0 aromatic heterocycles. The maximum atomic E-state index is 9.33. The zero-order valence-corrected chi connectivity index (χ0v) is 13.9. The summed E-state index contributed by atoms with van der Waals surface area (Å²) in [5, 5.41) is 13.8. The number of hydrogen-bond donors (Lipinski definition) is 1. The van der Waals surface area contributed by atoms with Gasteiger partial charge in [0, 0.05) is 15.7 Å². The van der Waals surface area contributed by atoms with Gasteiger partial charge in [-0.05, 0) is 40.2 Å². The fourth-order valence-electron chi connectivity index (χ4n) is 1.68. The van der Waals surface area contributed by atoms with Crippen molar-refractivity contribution in [3.8, 4) is 6.07 Å². The molecule has 2 aromatic rings. The molecule has 1 unspecified atom stereocenters. The number of halogens is 4. The SMILES string of the molecule is N#CC(Nc1ccc(Cl)c(Br)c1)c1cccc(Cl)c1Cl. The number of nitrogens with zero attached hydrogens (tertiary/aromatic N) is 1. The van der Waals surface area contributed by atoms with E-state index >= 15 is 0 Å². The van der Waals surface area contributed by atoms with Crippen LogP contribution in [-0.2, 0) is 0 Å². The van der Waals surface area contributed by atoms with Crippen LogP contribution in [0.1, 0.15) is 11.6 Å². The van der Waals surface area contributed by atoms with Gasteiger partial charge in [0.1, 0.15) is 6.04 Å². The van der Waals surface area contributed by atoms with E-state index in [1.54, 1.807) is 36.4 Å². The minimum Gasteiger partial charge on any atom is -0.366 e. The summed E-state index contributed by atoms with van der Waals surface area (Å²) >= 11 is 21.4. The molecule has 0 aliphatic carbocycles.